The van der Waals surface area contributed by atoms with Gasteiger partial charge in [-0.2, -0.15) is 0 Å². The molecule has 0 aliphatic heterocycles. The van der Waals surface area contributed by atoms with Gasteiger partial charge in [-0.1, -0.05) is 42.5 Å². The molecule has 0 aliphatic rings. The lowest BCUT2D eigenvalue weighted by Crippen LogP contribution is -1.93. The van der Waals surface area contributed by atoms with Crippen LogP contribution in [0.1, 0.15) is 25.0 Å². The zero-order valence-corrected chi connectivity index (χ0v) is 12.3. The average Bonchev–Trinajstić information content (AvgIpc) is 2.52. The third-order valence-electron chi connectivity index (χ3n) is 3.16. The minimum Gasteiger partial charge on any atom is -0.377 e. The monoisotopic (exact) mass is 270 g/mol. The molecular weight excluding hydrogens is 248 g/mol. The van der Waals surface area contributed by atoms with E-state index in [1.54, 1.807) is 0 Å². The smallest absolute Gasteiger partial charge is 0.0716 e. The van der Waals surface area contributed by atoms with E-state index >= 15 is 0 Å². The second-order valence-corrected chi connectivity index (χ2v) is 4.67. The lowest BCUT2D eigenvalue weighted by atomic mass is 10.0. The normalized spacial score (nSPS) is 10.7. The Bertz CT molecular complexity index is 517. The van der Waals surface area contributed by atoms with Gasteiger partial charge in [0.2, 0.25) is 0 Å². The van der Waals surface area contributed by atoms with E-state index in [4.69, 9.17) is 9.47 Å². The minimum atomic E-state index is 0.673. The number of benzene rings is 2. The van der Waals surface area contributed by atoms with Gasteiger partial charge in [-0.3, -0.25) is 0 Å². The predicted octanol–water partition coefficient (Wildman–Crippen LogP) is 4.43. The SMILES string of the molecule is CCOCc1ccc(-c2cccc(COCC)c2)cc1. The van der Waals surface area contributed by atoms with Gasteiger partial charge in [0.05, 0.1) is 13.2 Å². The molecule has 2 nitrogen and oxygen atoms in total. The van der Waals surface area contributed by atoms with Gasteiger partial charge in [-0.15, -0.1) is 0 Å². The van der Waals surface area contributed by atoms with E-state index in [9.17, 15) is 0 Å². The zero-order valence-electron chi connectivity index (χ0n) is 12.3. The molecule has 0 unspecified atom stereocenters. The van der Waals surface area contributed by atoms with Gasteiger partial charge in [0.25, 0.3) is 0 Å². The first kappa shape index (κ1) is 14.8. The van der Waals surface area contributed by atoms with Crippen molar-refractivity contribution in [1.82, 2.24) is 0 Å². The largest absolute Gasteiger partial charge is 0.377 e. The molecule has 2 heteroatoms. The Morgan fingerprint density at radius 2 is 1.35 bits per heavy atom. The maximum absolute atomic E-state index is 5.46. The molecule has 0 N–H and O–H groups in total. The number of rotatable bonds is 7. The van der Waals surface area contributed by atoms with Gasteiger partial charge >= 0.3 is 0 Å². The summed E-state index contributed by atoms with van der Waals surface area (Å²) in [5.41, 5.74) is 4.87. The van der Waals surface area contributed by atoms with Crippen LogP contribution in [0.3, 0.4) is 0 Å². The molecule has 2 rings (SSSR count). The third-order valence-corrected chi connectivity index (χ3v) is 3.16. The van der Waals surface area contributed by atoms with Gasteiger partial charge in [0.1, 0.15) is 0 Å². The third kappa shape index (κ3) is 4.19. The van der Waals surface area contributed by atoms with Crippen molar-refractivity contribution in [2.75, 3.05) is 13.2 Å². The van der Waals surface area contributed by atoms with Gasteiger partial charge < -0.3 is 9.47 Å². The Morgan fingerprint density at radius 3 is 2.00 bits per heavy atom. The van der Waals surface area contributed by atoms with E-state index in [1.807, 2.05) is 13.8 Å². The van der Waals surface area contributed by atoms with Gasteiger partial charge in [-0.05, 0) is 42.2 Å². The van der Waals surface area contributed by atoms with Crippen molar-refractivity contribution < 1.29 is 9.47 Å². The number of ether oxygens (including phenoxy) is 2. The number of hydrogen-bond donors (Lipinski definition) is 0. The summed E-state index contributed by atoms with van der Waals surface area (Å²) in [6, 6.07) is 17.0. The first-order valence-electron chi connectivity index (χ1n) is 7.17. The summed E-state index contributed by atoms with van der Waals surface area (Å²) in [5.74, 6) is 0. The summed E-state index contributed by atoms with van der Waals surface area (Å²) in [6.07, 6.45) is 0. The van der Waals surface area contributed by atoms with Crippen molar-refractivity contribution in [2.24, 2.45) is 0 Å². The first-order chi connectivity index (χ1) is 9.83. The predicted molar refractivity (Wildman–Crippen MR) is 82.5 cm³/mol. The Balaban J connectivity index is 2.10. The van der Waals surface area contributed by atoms with E-state index in [-0.39, 0.29) is 0 Å². The summed E-state index contributed by atoms with van der Waals surface area (Å²) >= 11 is 0. The van der Waals surface area contributed by atoms with E-state index in [2.05, 4.69) is 48.5 Å². The van der Waals surface area contributed by atoms with Crippen LogP contribution >= 0.6 is 0 Å². The molecular formula is C18H22O2. The van der Waals surface area contributed by atoms with Crippen molar-refractivity contribution in [3.05, 3.63) is 59.7 Å². The maximum atomic E-state index is 5.46. The molecule has 0 fully saturated rings. The molecule has 0 heterocycles. The van der Waals surface area contributed by atoms with E-state index in [1.165, 1.54) is 22.3 Å². The van der Waals surface area contributed by atoms with Crippen LogP contribution in [0.2, 0.25) is 0 Å². The summed E-state index contributed by atoms with van der Waals surface area (Å²) < 4.78 is 10.9. The summed E-state index contributed by atoms with van der Waals surface area (Å²) in [5, 5.41) is 0. The second kappa shape index (κ2) is 7.83. The van der Waals surface area contributed by atoms with Crippen LogP contribution in [0.25, 0.3) is 11.1 Å². The molecule has 0 amide bonds. The molecule has 0 bridgehead atoms. The lowest BCUT2D eigenvalue weighted by molar-refractivity contribution is 0.134. The van der Waals surface area contributed by atoms with Crippen LogP contribution in [0.4, 0.5) is 0 Å². The van der Waals surface area contributed by atoms with Crippen molar-refractivity contribution in [3.63, 3.8) is 0 Å². The lowest BCUT2D eigenvalue weighted by Gasteiger charge is -2.07. The Hall–Kier alpha value is -1.64. The van der Waals surface area contributed by atoms with Crippen molar-refractivity contribution >= 4 is 0 Å². The van der Waals surface area contributed by atoms with Gasteiger partial charge in [0, 0.05) is 13.2 Å². The first-order valence-corrected chi connectivity index (χ1v) is 7.17. The molecule has 106 valence electrons. The van der Waals surface area contributed by atoms with Crippen LogP contribution in [-0.2, 0) is 22.7 Å². The molecule has 0 spiro atoms. The standard InChI is InChI=1S/C18H22O2/c1-3-19-13-15-8-10-17(11-9-15)18-7-5-6-16(12-18)14-20-4-2/h5-12H,3-4,13-14H2,1-2H3. The number of hydrogen-bond acceptors (Lipinski definition) is 2. The maximum Gasteiger partial charge on any atom is 0.0716 e. The topological polar surface area (TPSA) is 18.5 Å². The van der Waals surface area contributed by atoms with Crippen molar-refractivity contribution in [3.8, 4) is 11.1 Å². The minimum absolute atomic E-state index is 0.673. The van der Waals surface area contributed by atoms with E-state index in [0.717, 1.165) is 13.2 Å². The molecule has 20 heavy (non-hydrogen) atoms. The average molecular weight is 270 g/mol. The summed E-state index contributed by atoms with van der Waals surface area (Å²) in [7, 11) is 0. The van der Waals surface area contributed by atoms with E-state index < -0.39 is 0 Å². The Kier molecular flexibility index (Phi) is 5.78. The fourth-order valence-electron chi connectivity index (χ4n) is 2.07. The highest BCUT2D eigenvalue weighted by atomic mass is 16.5. The van der Waals surface area contributed by atoms with Crippen LogP contribution < -0.4 is 0 Å². The highest BCUT2D eigenvalue weighted by Crippen LogP contribution is 2.21. The Morgan fingerprint density at radius 1 is 0.700 bits per heavy atom. The van der Waals surface area contributed by atoms with Crippen LogP contribution in [0, 0.1) is 0 Å². The quantitative estimate of drug-likeness (QED) is 0.741. The van der Waals surface area contributed by atoms with Crippen LogP contribution in [0.15, 0.2) is 48.5 Å². The molecule has 0 radical (unpaired) electrons. The van der Waals surface area contributed by atoms with Crippen molar-refractivity contribution in [1.29, 1.82) is 0 Å². The molecule has 0 saturated carbocycles. The fraction of sp³-hybridized carbons (Fsp3) is 0.333. The molecule has 2 aromatic carbocycles. The van der Waals surface area contributed by atoms with Crippen molar-refractivity contribution in [2.45, 2.75) is 27.1 Å². The molecule has 0 aliphatic carbocycles. The zero-order chi connectivity index (χ0) is 14.2. The molecule has 0 aromatic heterocycles. The molecule has 0 atom stereocenters. The van der Waals surface area contributed by atoms with Gasteiger partial charge in [-0.25, -0.2) is 0 Å². The van der Waals surface area contributed by atoms with Crippen LogP contribution in [-0.4, -0.2) is 13.2 Å². The summed E-state index contributed by atoms with van der Waals surface area (Å²) in [4.78, 5) is 0. The highest BCUT2D eigenvalue weighted by molar-refractivity contribution is 5.64. The summed E-state index contributed by atoms with van der Waals surface area (Å²) in [6.45, 7) is 6.88. The van der Waals surface area contributed by atoms with Gasteiger partial charge in [0.15, 0.2) is 0 Å². The highest BCUT2D eigenvalue weighted by Gasteiger charge is 2.00. The second-order valence-electron chi connectivity index (χ2n) is 4.67. The van der Waals surface area contributed by atoms with E-state index in [0.29, 0.717) is 13.2 Å². The van der Waals surface area contributed by atoms with Crippen LogP contribution in [0.5, 0.6) is 0 Å². The fourth-order valence-corrected chi connectivity index (χ4v) is 2.07. The Labute approximate surface area is 121 Å². The molecule has 0 saturated heterocycles. The molecule has 2 aromatic rings.